The second-order valence-electron chi connectivity index (χ2n) is 2.99. The smallest absolute Gasteiger partial charge is 0.236 e. The lowest BCUT2D eigenvalue weighted by atomic mass is 10.2. The molecule has 0 atom stereocenters. The number of para-hydroxylation sites is 2. The van der Waals surface area contributed by atoms with Gasteiger partial charge in [-0.3, -0.25) is 16.1 Å². The molecule has 1 aromatic rings. The fourth-order valence-electron chi connectivity index (χ4n) is 1.22. The van der Waals surface area contributed by atoms with Gasteiger partial charge in [-0.25, -0.2) is 10.4 Å². The Balaban J connectivity index is 2.19. The number of hydrazine groups is 2. The van der Waals surface area contributed by atoms with Crippen molar-refractivity contribution in [3.8, 4) is 0 Å². The number of fused-ring (bicyclic) bond motifs is 1. The number of nitrogens with one attached hydrogen (secondary N) is 3. The Morgan fingerprint density at radius 2 is 2.25 bits per heavy atom. The van der Waals surface area contributed by atoms with E-state index in [-0.39, 0.29) is 11.1 Å². The van der Waals surface area contributed by atoms with Gasteiger partial charge in [0.25, 0.3) is 0 Å². The van der Waals surface area contributed by atoms with Crippen LogP contribution in [0.1, 0.15) is 0 Å². The summed E-state index contributed by atoms with van der Waals surface area (Å²) in [5, 5.41) is 10.5. The number of guanidine groups is 1. The predicted octanol–water partition coefficient (Wildman–Crippen LogP) is -0.274. The van der Waals surface area contributed by atoms with Gasteiger partial charge in [-0.1, -0.05) is 12.1 Å². The number of aliphatic imine (C=N–C) groups is 1. The Hall–Kier alpha value is -2.06. The van der Waals surface area contributed by atoms with E-state index in [1.165, 1.54) is 0 Å². The standard InChI is InChI=1S/C8H10N6OS/c9-7(16)11-12-8-10-5-3-1-2-4-6(5)14(15)13-8/h1-4,15H,(H3,9,11,16)(H2,10,12,13). The van der Waals surface area contributed by atoms with Crippen LogP contribution in [0.2, 0.25) is 0 Å². The third-order valence-electron chi connectivity index (χ3n) is 1.86. The van der Waals surface area contributed by atoms with Crippen LogP contribution in [0.15, 0.2) is 29.3 Å². The molecular weight excluding hydrogens is 228 g/mol. The molecule has 0 aliphatic carbocycles. The van der Waals surface area contributed by atoms with Gasteiger partial charge in [-0.05, 0) is 24.4 Å². The highest BCUT2D eigenvalue weighted by Crippen LogP contribution is 2.28. The maximum Gasteiger partial charge on any atom is 0.236 e. The molecule has 0 amide bonds. The van der Waals surface area contributed by atoms with Crippen LogP contribution in [0.4, 0.5) is 11.4 Å². The number of hydrogen-bond donors (Lipinski definition) is 5. The lowest BCUT2D eigenvalue weighted by molar-refractivity contribution is 0.232. The SMILES string of the molecule is NC(=S)NNC1=Nc2ccccc2N(O)N1. The summed E-state index contributed by atoms with van der Waals surface area (Å²) in [6.45, 7) is 0. The van der Waals surface area contributed by atoms with E-state index in [2.05, 4.69) is 33.5 Å². The molecule has 6 N–H and O–H groups in total. The van der Waals surface area contributed by atoms with Crippen molar-refractivity contribution in [3.05, 3.63) is 24.3 Å². The van der Waals surface area contributed by atoms with Crippen LogP contribution in [0.3, 0.4) is 0 Å². The summed E-state index contributed by atoms with van der Waals surface area (Å²) in [6.07, 6.45) is 0. The van der Waals surface area contributed by atoms with Gasteiger partial charge in [0, 0.05) is 0 Å². The molecule has 0 saturated carbocycles. The molecule has 16 heavy (non-hydrogen) atoms. The Bertz CT molecular complexity index is 448. The van der Waals surface area contributed by atoms with Gasteiger partial charge in [0.05, 0.1) is 5.69 Å². The molecule has 7 nitrogen and oxygen atoms in total. The van der Waals surface area contributed by atoms with Gasteiger partial charge in [-0.15, -0.1) is 0 Å². The number of hydrogen-bond acceptors (Lipinski definition) is 6. The molecule has 0 fully saturated rings. The van der Waals surface area contributed by atoms with Gasteiger partial charge < -0.3 is 5.73 Å². The second-order valence-corrected chi connectivity index (χ2v) is 3.43. The first-order chi connectivity index (χ1) is 7.66. The number of rotatable bonds is 0. The first kappa shape index (κ1) is 10.5. The first-order valence-electron chi connectivity index (χ1n) is 4.41. The molecule has 2 rings (SSSR count). The highest BCUT2D eigenvalue weighted by molar-refractivity contribution is 7.80. The van der Waals surface area contributed by atoms with Gasteiger partial charge in [0.2, 0.25) is 5.96 Å². The van der Waals surface area contributed by atoms with Crippen molar-refractivity contribution in [3.63, 3.8) is 0 Å². The average molecular weight is 238 g/mol. The third kappa shape index (κ3) is 2.12. The van der Waals surface area contributed by atoms with Gasteiger partial charge in [0.15, 0.2) is 5.11 Å². The van der Waals surface area contributed by atoms with Crippen molar-refractivity contribution < 1.29 is 5.21 Å². The van der Waals surface area contributed by atoms with Gasteiger partial charge in [-0.2, -0.15) is 5.17 Å². The Morgan fingerprint density at radius 3 is 3.00 bits per heavy atom. The lowest BCUT2D eigenvalue weighted by Crippen LogP contribution is -2.55. The number of anilines is 1. The average Bonchev–Trinajstić information content (AvgIpc) is 2.26. The van der Waals surface area contributed by atoms with Crippen LogP contribution in [-0.2, 0) is 0 Å². The molecule has 0 bridgehead atoms. The van der Waals surface area contributed by atoms with Gasteiger partial charge >= 0.3 is 0 Å². The molecule has 0 spiro atoms. The molecule has 0 unspecified atom stereocenters. The minimum Gasteiger partial charge on any atom is -0.375 e. The van der Waals surface area contributed by atoms with E-state index in [9.17, 15) is 5.21 Å². The summed E-state index contributed by atoms with van der Waals surface area (Å²) in [5.41, 5.74) is 14.1. The summed E-state index contributed by atoms with van der Waals surface area (Å²) in [7, 11) is 0. The van der Waals surface area contributed by atoms with Crippen molar-refractivity contribution >= 4 is 34.7 Å². The molecule has 0 radical (unpaired) electrons. The second kappa shape index (κ2) is 4.21. The summed E-state index contributed by atoms with van der Waals surface area (Å²) >= 11 is 4.62. The highest BCUT2D eigenvalue weighted by Gasteiger charge is 2.16. The summed E-state index contributed by atoms with van der Waals surface area (Å²) in [5.74, 6) is 0.286. The molecule has 84 valence electrons. The first-order valence-corrected chi connectivity index (χ1v) is 4.82. The number of nitrogens with zero attached hydrogens (tertiary/aromatic N) is 2. The molecular formula is C8H10N6OS. The fourth-order valence-corrected chi connectivity index (χ4v) is 1.27. The summed E-state index contributed by atoms with van der Waals surface area (Å²) in [4.78, 5) is 4.18. The van der Waals surface area contributed by atoms with Crippen LogP contribution in [0, 0.1) is 0 Å². The van der Waals surface area contributed by atoms with Crippen molar-refractivity contribution in [2.45, 2.75) is 0 Å². The van der Waals surface area contributed by atoms with Crippen LogP contribution >= 0.6 is 12.2 Å². The number of thiocarbonyl (C=S) groups is 1. The normalized spacial score (nSPS) is 13.3. The van der Waals surface area contributed by atoms with Crippen molar-refractivity contribution in [1.29, 1.82) is 0 Å². The zero-order chi connectivity index (χ0) is 11.5. The van der Waals surface area contributed by atoms with E-state index >= 15 is 0 Å². The maximum absolute atomic E-state index is 9.61. The highest BCUT2D eigenvalue weighted by atomic mass is 32.1. The van der Waals surface area contributed by atoms with Crippen LogP contribution in [0.5, 0.6) is 0 Å². The van der Waals surface area contributed by atoms with Crippen LogP contribution in [0.25, 0.3) is 0 Å². The largest absolute Gasteiger partial charge is 0.375 e. The molecule has 0 saturated heterocycles. The van der Waals surface area contributed by atoms with E-state index in [1.807, 2.05) is 6.07 Å². The van der Waals surface area contributed by atoms with E-state index in [1.54, 1.807) is 18.2 Å². The lowest BCUT2D eigenvalue weighted by Gasteiger charge is -2.26. The van der Waals surface area contributed by atoms with Gasteiger partial charge in [0.1, 0.15) is 5.69 Å². The van der Waals surface area contributed by atoms with Crippen LogP contribution in [-0.4, -0.2) is 16.3 Å². The molecule has 1 aliphatic rings. The van der Waals surface area contributed by atoms with Crippen molar-refractivity contribution in [2.75, 3.05) is 5.17 Å². The molecule has 8 heteroatoms. The Kier molecular flexibility index (Phi) is 2.75. The predicted molar refractivity (Wildman–Crippen MR) is 64.0 cm³/mol. The number of benzene rings is 1. The zero-order valence-corrected chi connectivity index (χ0v) is 8.95. The Labute approximate surface area is 96.8 Å². The van der Waals surface area contributed by atoms with E-state index in [0.717, 1.165) is 5.17 Å². The monoisotopic (exact) mass is 238 g/mol. The van der Waals surface area contributed by atoms with E-state index in [4.69, 9.17) is 5.73 Å². The maximum atomic E-state index is 9.61. The van der Waals surface area contributed by atoms with E-state index < -0.39 is 0 Å². The molecule has 1 aliphatic heterocycles. The summed E-state index contributed by atoms with van der Waals surface area (Å²) in [6, 6.07) is 7.11. The number of nitrogens with two attached hydrogens (primary N) is 1. The quantitative estimate of drug-likeness (QED) is 0.313. The van der Waals surface area contributed by atoms with Crippen LogP contribution < -0.4 is 27.2 Å². The third-order valence-corrected chi connectivity index (χ3v) is 1.96. The molecule has 1 heterocycles. The van der Waals surface area contributed by atoms with E-state index in [0.29, 0.717) is 11.4 Å². The van der Waals surface area contributed by atoms with Crippen molar-refractivity contribution in [1.82, 2.24) is 16.3 Å². The molecule has 1 aromatic carbocycles. The molecule has 0 aromatic heterocycles. The minimum absolute atomic E-state index is 0.0767. The Morgan fingerprint density at radius 1 is 1.50 bits per heavy atom. The minimum atomic E-state index is 0.0767. The summed E-state index contributed by atoms with van der Waals surface area (Å²) < 4.78 is 0. The zero-order valence-electron chi connectivity index (χ0n) is 8.14. The van der Waals surface area contributed by atoms with Crippen molar-refractivity contribution in [2.24, 2.45) is 10.7 Å². The topological polar surface area (TPSA) is 97.9 Å². The fraction of sp³-hybridized carbons (Fsp3) is 0.